The minimum absolute atomic E-state index is 0.120. The quantitative estimate of drug-likeness (QED) is 0.0816. The fourth-order valence-electron chi connectivity index (χ4n) is 3.16. The third-order valence-electron chi connectivity index (χ3n) is 5.41. The molecule has 0 saturated carbocycles. The minimum atomic E-state index is -2.06. The number of esters is 2. The summed E-state index contributed by atoms with van der Waals surface area (Å²) in [5.41, 5.74) is 0.643. The Kier molecular flexibility index (Phi) is 11.4. The molecule has 0 radical (unpaired) electrons. The van der Waals surface area contributed by atoms with Gasteiger partial charge in [-0.25, -0.2) is 0 Å². The molecule has 0 aliphatic carbocycles. The van der Waals surface area contributed by atoms with E-state index in [9.17, 15) is 14.7 Å². The molecule has 0 heterocycles. The van der Waals surface area contributed by atoms with E-state index in [0.717, 1.165) is 4.90 Å². The molecule has 3 aromatic carbocycles. The van der Waals surface area contributed by atoms with Gasteiger partial charge in [0.2, 0.25) is 5.41 Å². The van der Waals surface area contributed by atoms with Gasteiger partial charge >= 0.3 is 11.9 Å². The molecule has 0 aliphatic heterocycles. The van der Waals surface area contributed by atoms with E-state index in [2.05, 4.69) is 11.8 Å². The number of rotatable bonds is 13. The van der Waals surface area contributed by atoms with Crippen LogP contribution in [0.5, 0.6) is 0 Å². The number of ether oxygens (including phenoxy) is 3. The number of hydrogen-bond acceptors (Lipinski definition) is 8. The second-order valence-corrected chi connectivity index (χ2v) is 10.4. The van der Waals surface area contributed by atoms with Crippen molar-refractivity contribution in [1.82, 2.24) is 0 Å². The van der Waals surface area contributed by atoms with Gasteiger partial charge in [0.1, 0.15) is 19.2 Å². The van der Waals surface area contributed by atoms with Crippen molar-refractivity contribution in [1.29, 1.82) is 0 Å². The molecule has 0 spiro atoms. The molecule has 0 aromatic heterocycles. The van der Waals surface area contributed by atoms with Crippen molar-refractivity contribution in [3.8, 4) is 24.7 Å². The maximum atomic E-state index is 13.2. The lowest BCUT2D eigenvalue weighted by atomic mass is 9.90. The maximum absolute atomic E-state index is 13.2. The number of carbonyl (C=O) groups excluding carboxylic acids is 2. The summed E-state index contributed by atoms with van der Waals surface area (Å²) in [5, 5.41) is 10.2. The Morgan fingerprint density at radius 1 is 0.789 bits per heavy atom. The van der Waals surface area contributed by atoms with Crippen molar-refractivity contribution in [2.75, 3.05) is 19.2 Å². The molecule has 1 N–H and O–H groups in total. The van der Waals surface area contributed by atoms with Crippen LogP contribution in [0, 0.1) is 30.1 Å². The topological polar surface area (TPSA) is 82.1 Å². The van der Waals surface area contributed by atoms with Crippen LogP contribution in [0.2, 0.25) is 0 Å². The highest BCUT2D eigenvalue weighted by Crippen LogP contribution is 2.31. The fraction of sp³-hybridized carbons (Fsp3) is 0.200. The van der Waals surface area contributed by atoms with E-state index in [1.54, 1.807) is 48.5 Å². The monoisotopic (exact) mass is 546 g/mol. The Hall–Kier alpha value is -3.66. The number of aliphatic hydroxyl groups is 1. The molecule has 38 heavy (non-hydrogen) atoms. The van der Waals surface area contributed by atoms with Crippen LogP contribution in [-0.2, 0) is 37.0 Å². The SMILES string of the molecule is C#Cc1ccc(COC(=O)C(CO)(COCSSc2ccccc2)C(=O)OCc2ccc(C#C)cc2)cc1. The van der Waals surface area contributed by atoms with Gasteiger partial charge in [-0.3, -0.25) is 9.59 Å². The predicted molar refractivity (Wildman–Crippen MR) is 149 cm³/mol. The molecule has 194 valence electrons. The van der Waals surface area contributed by atoms with Crippen molar-refractivity contribution in [3.63, 3.8) is 0 Å². The normalized spacial score (nSPS) is 10.7. The first-order valence-corrected chi connectivity index (χ1v) is 13.8. The van der Waals surface area contributed by atoms with Crippen molar-refractivity contribution in [2.24, 2.45) is 5.41 Å². The Morgan fingerprint density at radius 2 is 1.29 bits per heavy atom. The van der Waals surface area contributed by atoms with Gasteiger partial charge in [-0.2, -0.15) is 0 Å². The molecule has 0 atom stereocenters. The molecule has 0 saturated heterocycles. The van der Waals surface area contributed by atoms with E-state index >= 15 is 0 Å². The Bertz CT molecular complexity index is 1200. The lowest BCUT2D eigenvalue weighted by Gasteiger charge is -2.27. The summed E-state index contributed by atoms with van der Waals surface area (Å²) in [5.74, 6) is 3.28. The van der Waals surface area contributed by atoms with Crippen molar-refractivity contribution in [3.05, 3.63) is 101 Å². The summed E-state index contributed by atoms with van der Waals surface area (Å²) in [7, 11) is 2.87. The van der Waals surface area contributed by atoms with Gasteiger partial charge < -0.3 is 19.3 Å². The molecule has 0 amide bonds. The summed E-state index contributed by atoms with van der Waals surface area (Å²) in [4.78, 5) is 27.4. The van der Waals surface area contributed by atoms with Gasteiger partial charge in [0.05, 0.1) is 13.2 Å². The standard InChI is InChI=1S/C30H26O6S2/c1-3-23-10-14-25(15-11-23)18-35-28(32)30(20-31,21-34-22-37-38-27-8-6-5-7-9-27)29(33)36-19-26-16-12-24(4-2)13-17-26/h1-2,5-17,31H,18-22H2. The fourth-order valence-corrected chi connectivity index (χ4v) is 4.86. The van der Waals surface area contributed by atoms with E-state index in [1.165, 1.54) is 21.6 Å². The zero-order valence-electron chi connectivity index (χ0n) is 20.5. The van der Waals surface area contributed by atoms with Gasteiger partial charge in [0.15, 0.2) is 0 Å². The molecule has 6 nitrogen and oxygen atoms in total. The van der Waals surface area contributed by atoms with Crippen LogP contribution in [0.15, 0.2) is 83.8 Å². The van der Waals surface area contributed by atoms with Gasteiger partial charge in [0.25, 0.3) is 0 Å². The number of benzene rings is 3. The molecule has 0 fully saturated rings. The minimum Gasteiger partial charge on any atom is -0.460 e. The molecule has 3 aromatic rings. The first kappa shape index (κ1) is 28.9. The third-order valence-corrected chi connectivity index (χ3v) is 7.48. The van der Waals surface area contributed by atoms with E-state index in [-0.39, 0.29) is 19.2 Å². The summed E-state index contributed by atoms with van der Waals surface area (Å²) < 4.78 is 16.5. The average molecular weight is 547 g/mol. The molecule has 0 bridgehead atoms. The molecule has 8 heteroatoms. The highest BCUT2D eigenvalue weighted by Gasteiger charge is 2.49. The van der Waals surface area contributed by atoms with Crippen molar-refractivity contribution < 1.29 is 28.9 Å². The van der Waals surface area contributed by atoms with Crippen LogP contribution in [0.4, 0.5) is 0 Å². The largest absolute Gasteiger partial charge is 0.460 e. The smallest absolute Gasteiger partial charge is 0.328 e. The Balaban J connectivity index is 1.66. The van der Waals surface area contributed by atoms with E-state index in [1.807, 2.05) is 30.3 Å². The van der Waals surface area contributed by atoms with Crippen LogP contribution in [0.1, 0.15) is 22.3 Å². The lowest BCUT2D eigenvalue weighted by Crippen LogP contribution is -2.48. The van der Waals surface area contributed by atoms with Gasteiger partial charge in [0, 0.05) is 16.0 Å². The van der Waals surface area contributed by atoms with Crippen LogP contribution < -0.4 is 0 Å². The zero-order valence-corrected chi connectivity index (χ0v) is 22.1. The molecule has 3 rings (SSSR count). The lowest BCUT2D eigenvalue weighted by molar-refractivity contribution is -0.182. The van der Waals surface area contributed by atoms with Gasteiger partial charge in [-0.05, 0) is 47.5 Å². The number of hydrogen-bond donors (Lipinski definition) is 1. The highest BCUT2D eigenvalue weighted by atomic mass is 33.1. The molecule has 0 unspecified atom stereocenters. The first-order valence-electron chi connectivity index (χ1n) is 11.5. The van der Waals surface area contributed by atoms with Crippen LogP contribution in [0.3, 0.4) is 0 Å². The number of terminal acetylenes is 2. The number of carbonyl (C=O) groups is 2. The second-order valence-electron chi connectivity index (χ2n) is 8.06. The van der Waals surface area contributed by atoms with Gasteiger partial charge in [-0.1, -0.05) is 75.9 Å². The Morgan fingerprint density at radius 3 is 1.74 bits per heavy atom. The predicted octanol–water partition coefficient (Wildman–Crippen LogP) is 4.83. The average Bonchev–Trinajstić information content (AvgIpc) is 2.97. The maximum Gasteiger partial charge on any atom is 0.328 e. The summed E-state index contributed by atoms with van der Waals surface area (Å²) in [6.07, 6.45) is 10.8. The summed E-state index contributed by atoms with van der Waals surface area (Å²) >= 11 is 0. The van der Waals surface area contributed by atoms with Crippen LogP contribution in [-0.4, -0.2) is 36.2 Å². The van der Waals surface area contributed by atoms with Crippen molar-refractivity contribution >= 4 is 33.5 Å². The van der Waals surface area contributed by atoms with Gasteiger partial charge in [-0.15, -0.1) is 12.8 Å². The number of aliphatic hydroxyl groups excluding tert-OH is 1. The molecule has 0 aliphatic rings. The highest BCUT2D eigenvalue weighted by molar-refractivity contribution is 8.76. The zero-order chi connectivity index (χ0) is 27.2. The third kappa shape index (κ3) is 8.17. The van der Waals surface area contributed by atoms with E-state index in [4.69, 9.17) is 27.1 Å². The molecular formula is C30H26O6S2. The summed E-state index contributed by atoms with van der Waals surface area (Å²) in [6, 6.07) is 23.4. The van der Waals surface area contributed by atoms with E-state index < -0.39 is 30.6 Å². The summed E-state index contributed by atoms with van der Waals surface area (Å²) in [6.45, 7) is -1.52. The molecular weight excluding hydrogens is 520 g/mol. The second kappa shape index (κ2) is 14.9. The van der Waals surface area contributed by atoms with Crippen molar-refractivity contribution in [2.45, 2.75) is 18.1 Å². The van der Waals surface area contributed by atoms with Crippen LogP contribution >= 0.6 is 21.6 Å². The first-order chi connectivity index (χ1) is 18.5. The van der Waals surface area contributed by atoms with E-state index in [0.29, 0.717) is 22.3 Å². The van der Waals surface area contributed by atoms with Crippen LogP contribution in [0.25, 0.3) is 0 Å². The Labute approximate surface area is 230 Å².